The average molecular weight is 221 g/mol. The van der Waals surface area contributed by atoms with Gasteiger partial charge in [0.15, 0.2) is 0 Å². The van der Waals surface area contributed by atoms with Crippen molar-refractivity contribution in [2.75, 3.05) is 30.4 Å². The third kappa shape index (κ3) is 2.41. The Morgan fingerprint density at radius 1 is 1.44 bits per heavy atom. The van der Waals surface area contributed by atoms with Gasteiger partial charge in [-0.05, 0) is 13.8 Å². The normalized spacial score (nSPS) is 16.0. The monoisotopic (exact) mass is 221 g/mol. The molecule has 5 nitrogen and oxygen atoms in total. The fourth-order valence-corrected chi connectivity index (χ4v) is 1.48. The van der Waals surface area contributed by atoms with Crippen LogP contribution in [0.5, 0.6) is 0 Å². The number of rotatable bonds is 4. The summed E-state index contributed by atoms with van der Waals surface area (Å²) in [6.07, 6.45) is 1.61. The Morgan fingerprint density at radius 3 is 2.75 bits per heavy atom. The molecule has 0 spiro atoms. The van der Waals surface area contributed by atoms with Crippen LogP contribution in [0.15, 0.2) is 12.4 Å². The zero-order chi connectivity index (χ0) is 11.5. The summed E-state index contributed by atoms with van der Waals surface area (Å²) in [5.74, 6) is 1.86. The number of anilines is 2. The van der Waals surface area contributed by atoms with Crippen LogP contribution in [0.25, 0.3) is 0 Å². The first-order valence-corrected chi connectivity index (χ1v) is 5.69. The number of nitrogens with one attached hydrogen (secondary N) is 2. The fraction of sp³-hybridized carbons (Fsp3) is 0.636. The molecule has 1 aromatic heterocycles. The second-order valence-electron chi connectivity index (χ2n) is 4.47. The van der Waals surface area contributed by atoms with Crippen molar-refractivity contribution in [2.24, 2.45) is 0 Å². The van der Waals surface area contributed by atoms with Crippen molar-refractivity contribution in [3.63, 3.8) is 0 Å². The zero-order valence-electron chi connectivity index (χ0n) is 10.1. The highest BCUT2D eigenvalue weighted by atomic mass is 15.2. The van der Waals surface area contributed by atoms with E-state index in [-0.39, 0.29) is 0 Å². The molecule has 0 amide bonds. The molecule has 0 atom stereocenters. The standard InChI is InChI=1S/C11H19N5/c1-8(2)16(3)11-4-10(13-7-14-11)15-9-5-12-6-9/h4,7-9,12H,5-6H2,1-3H3,(H,13,14,15). The van der Waals surface area contributed by atoms with Crippen LogP contribution in [0.2, 0.25) is 0 Å². The average Bonchev–Trinajstić information content (AvgIpc) is 2.23. The van der Waals surface area contributed by atoms with Crippen molar-refractivity contribution in [3.05, 3.63) is 12.4 Å². The Labute approximate surface area is 96.3 Å². The molecule has 1 fully saturated rings. The van der Waals surface area contributed by atoms with Gasteiger partial charge in [0.2, 0.25) is 0 Å². The maximum absolute atomic E-state index is 4.27. The van der Waals surface area contributed by atoms with E-state index in [0.717, 1.165) is 24.7 Å². The smallest absolute Gasteiger partial charge is 0.134 e. The second kappa shape index (κ2) is 4.65. The van der Waals surface area contributed by atoms with Crippen LogP contribution in [0.3, 0.4) is 0 Å². The molecular formula is C11H19N5. The summed E-state index contributed by atoms with van der Waals surface area (Å²) in [7, 11) is 2.04. The maximum Gasteiger partial charge on any atom is 0.134 e. The third-order valence-corrected chi connectivity index (χ3v) is 2.92. The third-order valence-electron chi connectivity index (χ3n) is 2.92. The first-order chi connectivity index (χ1) is 7.66. The Balaban J connectivity index is 2.06. The van der Waals surface area contributed by atoms with Gasteiger partial charge in [0.05, 0.1) is 6.04 Å². The van der Waals surface area contributed by atoms with Gasteiger partial charge in [-0.15, -0.1) is 0 Å². The minimum Gasteiger partial charge on any atom is -0.365 e. The zero-order valence-corrected chi connectivity index (χ0v) is 10.1. The highest BCUT2D eigenvalue weighted by Crippen LogP contribution is 2.15. The molecule has 0 aliphatic carbocycles. The van der Waals surface area contributed by atoms with Crippen LogP contribution in [0, 0.1) is 0 Å². The SMILES string of the molecule is CC(C)N(C)c1cc(NC2CNC2)ncn1. The molecule has 0 radical (unpaired) electrons. The van der Waals surface area contributed by atoms with Crippen molar-refractivity contribution in [1.82, 2.24) is 15.3 Å². The molecule has 16 heavy (non-hydrogen) atoms. The predicted octanol–water partition coefficient (Wildman–Crippen LogP) is 0.705. The van der Waals surface area contributed by atoms with E-state index in [2.05, 4.69) is 39.3 Å². The Kier molecular flexibility index (Phi) is 3.24. The Hall–Kier alpha value is -1.36. The minimum absolute atomic E-state index is 0.438. The van der Waals surface area contributed by atoms with E-state index in [1.165, 1.54) is 0 Å². The lowest BCUT2D eigenvalue weighted by Gasteiger charge is -2.29. The molecule has 1 aliphatic rings. The number of aromatic nitrogens is 2. The fourth-order valence-electron chi connectivity index (χ4n) is 1.48. The minimum atomic E-state index is 0.438. The lowest BCUT2D eigenvalue weighted by molar-refractivity contribution is 0.471. The van der Waals surface area contributed by atoms with Crippen molar-refractivity contribution >= 4 is 11.6 Å². The van der Waals surface area contributed by atoms with Crippen molar-refractivity contribution < 1.29 is 0 Å². The van der Waals surface area contributed by atoms with Gasteiger partial charge in [0, 0.05) is 32.2 Å². The van der Waals surface area contributed by atoms with Crippen LogP contribution in [-0.4, -0.2) is 42.2 Å². The van der Waals surface area contributed by atoms with Crippen molar-refractivity contribution in [1.29, 1.82) is 0 Å². The summed E-state index contributed by atoms with van der Waals surface area (Å²) in [5, 5.41) is 6.59. The van der Waals surface area contributed by atoms with Gasteiger partial charge in [0.1, 0.15) is 18.0 Å². The topological polar surface area (TPSA) is 53.1 Å². The number of hydrogen-bond acceptors (Lipinski definition) is 5. The molecule has 0 saturated carbocycles. The highest BCUT2D eigenvalue weighted by Gasteiger charge is 2.17. The van der Waals surface area contributed by atoms with Gasteiger partial charge < -0.3 is 15.5 Å². The molecule has 0 unspecified atom stereocenters. The maximum atomic E-state index is 4.27. The highest BCUT2D eigenvalue weighted by molar-refractivity contribution is 5.49. The summed E-state index contributed by atoms with van der Waals surface area (Å²) in [6.45, 7) is 6.31. The quantitative estimate of drug-likeness (QED) is 0.784. The number of nitrogens with zero attached hydrogens (tertiary/aromatic N) is 3. The lowest BCUT2D eigenvalue weighted by atomic mass is 10.2. The summed E-state index contributed by atoms with van der Waals surface area (Å²) in [4.78, 5) is 10.6. The molecule has 88 valence electrons. The molecule has 2 heterocycles. The van der Waals surface area contributed by atoms with Gasteiger partial charge in [0.25, 0.3) is 0 Å². The largest absolute Gasteiger partial charge is 0.365 e. The van der Waals surface area contributed by atoms with E-state index in [4.69, 9.17) is 0 Å². The van der Waals surface area contributed by atoms with E-state index >= 15 is 0 Å². The summed E-state index contributed by atoms with van der Waals surface area (Å²) in [6, 6.07) is 2.94. The summed E-state index contributed by atoms with van der Waals surface area (Å²) in [5.41, 5.74) is 0. The molecule has 1 aliphatic heterocycles. The van der Waals surface area contributed by atoms with E-state index in [1.807, 2.05) is 13.1 Å². The molecule has 2 N–H and O–H groups in total. The van der Waals surface area contributed by atoms with Crippen LogP contribution in [0.4, 0.5) is 11.6 Å². The van der Waals surface area contributed by atoms with E-state index in [1.54, 1.807) is 6.33 Å². The second-order valence-corrected chi connectivity index (χ2v) is 4.47. The first-order valence-electron chi connectivity index (χ1n) is 5.69. The predicted molar refractivity (Wildman–Crippen MR) is 65.9 cm³/mol. The summed E-state index contributed by atoms with van der Waals surface area (Å²) >= 11 is 0. The van der Waals surface area contributed by atoms with Gasteiger partial charge >= 0.3 is 0 Å². The molecule has 0 bridgehead atoms. The van der Waals surface area contributed by atoms with Gasteiger partial charge in [-0.25, -0.2) is 9.97 Å². The number of hydrogen-bond donors (Lipinski definition) is 2. The van der Waals surface area contributed by atoms with E-state index in [9.17, 15) is 0 Å². The van der Waals surface area contributed by atoms with Gasteiger partial charge in [-0.3, -0.25) is 0 Å². The van der Waals surface area contributed by atoms with Gasteiger partial charge in [-0.2, -0.15) is 0 Å². The van der Waals surface area contributed by atoms with Crippen LogP contribution in [0.1, 0.15) is 13.8 Å². The molecule has 0 aromatic carbocycles. The van der Waals surface area contributed by atoms with Crippen LogP contribution in [-0.2, 0) is 0 Å². The van der Waals surface area contributed by atoms with E-state index in [0.29, 0.717) is 12.1 Å². The van der Waals surface area contributed by atoms with Crippen molar-refractivity contribution in [2.45, 2.75) is 25.9 Å². The molecule has 2 rings (SSSR count). The summed E-state index contributed by atoms with van der Waals surface area (Å²) < 4.78 is 0. The van der Waals surface area contributed by atoms with Gasteiger partial charge in [-0.1, -0.05) is 0 Å². The lowest BCUT2D eigenvalue weighted by Crippen LogP contribution is -2.51. The molecule has 1 saturated heterocycles. The Morgan fingerprint density at radius 2 is 2.19 bits per heavy atom. The first kappa shape index (κ1) is 11.1. The van der Waals surface area contributed by atoms with Crippen LogP contribution < -0.4 is 15.5 Å². The molecular weight excluding hydrogens is 202 g/mol. The molecule has 5 heteroatoms. The van der Waals surface area contributed by atoms with Crippen LogP contribution >= 0.6 is 0 Å². The Bertz CT molecular complexity index is 348. The molecule has 1 aromatic rings. The van der Waals surface area contributed by atoms with E-state index < -0.39 is 0 Å². The van der Waals surface area contributed by atoms with Crippen molar-refractivity contribution in [3.8, 4) is 0 Å².